The molecule has 0 radical (unpaired) electrons. The van der Waals surface area contributed by atoms with Gasteiger partial charge in [-0.05, 0) is 65.5 Å². The molecule has 0 aromatic rings. The van der Waals surface area contributed by atoms with Crippen molar-refractivity contribution in [3.8, 4) is 0 Å². The lowest BCUT2D eigenvalue weighted by Crippen LogP contribution is -2.29. The van der Waals surface area contributed by atoms with Gasteiger partial charge in [0.05, 0.1) is 13.2 Å². The van der Waals surface area contributed by atoms with Gasteiger partial charge in [-0.2, -0.15) is 0 Å². The number of allylic oxidation sites excluding steroid dienone is 10. The molecule has 0 aliphatic carbocycles. The first kappa shape index (κ1) is 50.7. The summed E-state index contributed by atoms with van der Waals surface area (Å²) in [6.45, 7) is 4.18. The molecule has 0 aromatic heterocycles. The Morgan fingerprint density at radius 1 is 0.585 bits per heavy atom. The summed E-state index contributed by atoms with van der Waals surface area (Å²) in [5, 5.41) is 0. The number of phosphoric ester groups is 1. The lowest BCUT2D eigenvalue weighted by molar-refractivity contribution is -0.161. The Morgan fingerprint density at radius 3 is 1.58 bits per heavy atom. The molecule has 0 aromatic carbocycles. The minimum atomic E-state index is -4.38. The molecule has 306 valence electrons. The predicted molar refractivity (Wildman–Crippen MR) is 220 cm³/mol. The van der Waals surface area contributed by atoms with Crippen LogP contribution >= 0.6 is 7.82 Å². The minimum Gasteiger partial charge on any atom is -0.462 e. The number of phosphoric acid groups is 1. The number of ether oxygens (including phenoxy) is 2. The molecule has 2 atom stereocenters. The fraction of sp³-hybridized carbons (Fsp3) is 0.721. The molecule has 0 bridgehead atoms. The summed E-state index contributed by atoms with van der Waals surface area (Å²) in [4.78, 5) is 36.8. The molecule has 9 nitrogen and oxygen atoms in total. The van der Waals surface area contributed by atoms with Crippen LogP contribution in [0.4, 0.5) is 0 Å². The van der Waals surface area contributed by atoms with Gasteiger partial charge in [0.1, 0.15) is 6.61 Å². The van der Waals surface area contributed by atoms with E-state index in [4.69, 9.17) is 18.5 Å². The van der Waals surface area contributed by atoms with Crippen LogP contribution in [-0.4, -0.2) is 68.3 Å². The standard InChI is InChI=1S/C43H76NO8P/c1-5-7-9-11-13-15-17-18-19-20-21-22-23-24-26-28-30-32-34-36-43(46)52-41(40-51-53(47,48)50-38-37-44(3)4)39-49-42(45)35-33-31-29-27-25-16-14-12-10-8-6-2/h13,15,18-19,21-22,24,26,30,32,41H,5-12,14,16-17,20,23,25,27-29,31,33-40H2,1-4H3,(H,47,48)/b15-13-,19-18-,22-21-,26-24-,32-30-. The molecule has 2 unspecified atom stereocenters. The van der Waals surface area contributed by atoms with E-state index in [9.17, 15) is 19.0 Å². The van der Waals surface area contributed by atoms with Crippen molar-refractivity contribution in [3.63, 3.8) is 0 Å². The number of rotatable bonds is 37. The number of hydrogen-bond acceptors (Lipinski definition) is 8. The van der Waals surface area contributed by atoms with Crippen LogP contribution in [0.2, 0.25) is 0 Å². The fourth-order valence-corrected chi connectivity index (χ4v) is 5.88. The molecule has 0 saturated carbocycles. The van der Waals surface area contributed by atoms with Crippen molar-refractivity contribution in [2.75, 3.05) is 40.5 Å². The summed E-state index contributed by atoms with van der Waals surface area (Å²) in [7, 11) is -0.750. The summed E-state index contributed by atoms with van der Waals surface area (Å²) >= 11 is 0. The predicted octanol–water partition coefficient (Wildman–Crippen LogP) is 11.5. The van der Waals surface area contributed by atoms with Gasteiger partial charge in [-0.1, -0.05) is 152 Å². The maximum Gasteiger partial charge on any atom is 0.472 e. The van der Waals surface area contributed by atoms with Gasteiger partial charge in [0.25, 0.3) is 0 Å². The Balaban J connectivity index is 4.46. The van der Waals surface area contributed by atoms with Crippen molar-refractivity contribution in [1.82, 2.24) is 4.90 Å². The zero-order valence-electron chi connectivity index (χ0n) is 33.9. The van der Waals surface area contributed by atoms with Crippen molar-refractivity contribution in [2.24, 2.45) is 0 Å². The first-order valence-electron chi connectivity index (χ1n) is 20.6. The van der Waals surface area contributed by atoms with Gasteiger partial charge in [0, 0.05) is 19.4 Å². The average molecular weight is 766 g/mol. The summed E-state index contributed by atoms with van der Waals surface area (Å²) in [6, 6.07) is 0. The molecular weight excluding hydrogens is 689 g/mol. The molecule has 0 aliphatic rings. The topological polar surface area (TPSA) is 112 Å². The van der Waals surface area contributed by atoms with E-state index < -0.39 is 32.5 Å². The van der Waals surface area contributed by atoms with Crippen LogP contribution in [0.1, 0.15) is 155 Å². The largest absolute Gasteiger partial charge is 0.472 e. The lowest BCUT2D eigenvalue weighted by atomic mass is 10.1. The van der Waals surface area contributed by atoms with Crippen LogP contribution in [0, 0.1) is 0 Å². The molecule has 10 heteroatoms. The van der Waals surface area contributed by atoms with E-state index in [0.29, 0.717) is 13.0 Å². The summed E-state index contributed by atoms with van der Waals surface area (Å²) in [6.07, 6.45) is 42.8. The van der Waals surface area contributed by atoms with Crippen molar-refractivity contribution in [1.29, 1.82) is 0 Å². The van der Waals surface area contributed by atoms with E-state index in [1.54, 1.807) is 4.90 Å². The van der Waals surface area contributed by atoms with Gasteiger partial charge < -0.3 is 19.3 Å². The number of likely N-dealkylation sites (N-methyl/N-ethyl adjacent to an activating group) is 1. The van der Waals surface area contributed by atoms with Gasteiger partial charge >= 0.3 is 19.8 Å². The maximum absolute atomic E-state index is 12.6. The number of unbranched alkanes of at least 4 members (excludes halogenated alkanes) is 13. The number of nitrogens with zero attached hydrogens (tertiary/aromatic N) is 1. The first-order chi connectivity index (χ1) is 25.7. The molecular formula is C43H76NO8P. The Hall–Kier alpha value is -2.29. The Bertz CT molecular complexity index is 1070. The fourth-order valence-electron chi connectivity index (χ4n) is 5.14. The number of esters is 2. The Kier molecular flexibility index (Phi) is 36.4. The minimum absolute atomic E-state index is 0.00737. The van der Waals surface area contributed by atoms with E-state index >= 15 is 0 Å². The summed E-state index contributed by atoms with van der Waals surface area (Å²) < 4.78 is 33.3. The monoisotopic (exact) mass is 766 g/mol. The Labute approximate surface area is 323 Å². The van der Waals surface area contributed by atoms with Crippen molar-refractivity contribution in [2.45, 2.75) is 161 Å². The molecule has 0 heterocycles. The van der Waals surface area contributed by atoms with Crippen molar-refractivity contribution in [3.05, 3.63) is 60.8 Å². The third-order valence-corrected chi connectivity index (χ3v) is 9.32. The smallest absolute Gasteiger partial charge is 0.462 e. The molecule has 0 saturated heterocycles. The maximum atomic E-state index is 12.6. The van der Waals surface area contributed by atoms with Gasteiger partial charge in [0.2, 0.25) is 0 Å². The van der Waals surface area contributed by atoms with Crippen molar-refractivity contribution < 1.29 is 37.6 Å². The highest BCUT2D eigenvalue weighted by molar-refractivity contribution is 7.47. The second-order valence-corrected chi connectivity index (χ2v) is 15.3. The third-order valence-electron chi connectivity index (χ3n) is 8.34. The van der Waals surface area contributed by atoms with Gasteiger partial charge in [-0.25, -0.2) is 4.57 Å². The second kappa shape index (κ2) is 38.0. The highest BCUT2D eigenvalue weighted by Gasteiger charge is 2.26. The normalized spacial score (nSPS) is 14.1. The zero-order chi connectivity index (χ0) is 39.1. The van der Waals surface area contributed by atoms with Crippen LogP contribution in [0.3, 0.4) is 0 Å². The number of carbonyl (C=O) groups is 2. The highest BCUT2D eigenvalue weighted by atomic mass is 31.2. The third kappa shape index (κ3) is 39.2. The summed E-state index contributed by atoms with van der Waals surface area (Å²) in [5.74, 6) is -0.903. The van der Waals surface area contributed by atoms with Crippen molar-refractivity contribution >= 4 is 19.8 Å². The first-order valence-corrected chi connectivity index (χ1v) is 22.1. The highest BCUT2D eigenvalue weighted by Crippen LogP contribution is 2.43. The number of carbonyl (C=O) groups excluding carboxylic acids is 2. The van der Waals surface area contributed by atoms with E-state index in [-0.39, 0.29) is 26.1 Å². The molecule has 0 rings (SSSR count). The SMILES string of the molecule is CCCCC/C=C\C/C=C\C/C=C\C/C=C\C/C=C\CCC(=O)OC(COC(=O)CCCCCCCCCCCCC)COP(=O)(O)OCCN(C)C. The van der Waals surface area contributed by atoms with E-state index in [1.807, 2.05) is 26.2 Å². The lowest BCUT2D eigenvalue weighted by Gasteiger charge is -2.20. The quantitative estimate of drug-likeness (QED) is 0.0286. The second-order valence-electron chi connectivity index (χ2n) is 13.8. The molecule has 0 aliphatic heterocycles. The van der Waals surface area contributed by atoms with Crippen LogP contribution in [0.25, 0.3) is 0 Å². The molecule has 1 N–H and O–H groups in total. The Morgan fingerprint density at radius 2 is 1.06 bits per heavy atom. The van der Waals surface area contributed by atoms with Gasteiger partial charge in [-0.3, -0.25) is 18.6 Å². The molecule has 0 spiro atoms. The summed E-state index contributed by atoms with van der Waals surface area (Å²) in [5.41, 5.74) is 0. The molecule has 53 heavy (non-hydrogen) atoms. The van der Waals surface area contributed by atoms with Crippen LogP contribution < -0.4 is 0 Å². The molecule has 0 amide bonds. The van der Waals surface area contributed by atoms with Crippen LogP contribution in [0.15, 0.2) is 60.8 Å². The van der Waals surface area contributed by atoms with Gasteiger partial charge in [-0.15, -0.1) is 0 Å². The molecule has 0 fully saturated rings. The zero-order valence-corrected chi connectivity index (χ0v) is 34.8. The van der Waals surface area contributed by atoms with Gasteiger partial charge in [0.15, 0.2) is 6.10 Å². The number of hydrogen-bond donors (Lipinski definition) is 1. The van der Waals surface area contributed by atoms with Crippen LogP contribution in [-0.2, 0) is 32.7 Å². The van der Waals surface area contributed by atoms with E-state index in [0.717, 1.165) is 44.9 Å². The van der Waals surface area contributed by atoms with Crippen LogP contribution in [0.5, 0.6) is 0 Å². The van der Waals surface area contributed by atoms with E-state index in [1.165, 1.54) is 77.0 Å². The average Bonchev–Trinajstić information content (AvgIpc) is 3.12. The van der Waals surface area contributed by atoms with E-state index in [2.05, 4.69) is 62.5 Å².